The molecule has 0 unspecified atom stereocenters. The average Bonchev–Trinajstić information content (AvgIpc) is 2.48. The first-order valence-electron chi connectivity index (χ1n) is 6.89. The van der Waals surface area contributed by atoms with E-state index < -0.39 is 0 Å². The first-order chi connectivity index (χ1) is 8.90. The van der Waals surface area contributed by atoms with E-state index in [4.69, 9.17) is 9.47 Å². The highest BCUT2D eigenvalue weighted by atomic mass is 16.5. The van der Waals surface area contributed by atoms with Crippen LogP contribution in [0.25, 0.3) is 0 Å². The third-order valence-electron chi connectivity index (χ3n) is 3.59. The second-order valence-electron chi connectivity index (χ2n) is 5.46. The number of allylic oxidation sites excluding steroid dienone is 1. The van der Waals surface area contributed by atoms with Gasteiger partial charge >= 0.3 is 11.9 Å². The Kier molecular flexibility index (Phi) is 6.06. The summed E-state index contributed by atoms with van der Waals surface area (Å²) in [5.74, 6) is 0.318. The molecular weight excluding hydrogens is 244 g/mol. The maximum Gasteiger partial charge on any atom is 0.303 e. The van der Waals surface area contributed by atoms with Crippen LogP contribution in [0.5, 0.6) is 0 Å². The summed E-state index contributed by atoms with van der Waals surface area (Å²) in [6.45, 7) is 7.40. The number of rotatable bonds is 4. The van der Waals surface area contributed by atoms with Gasteiger partial charge in [0.2, 0.25) is 0 Å². The highest BCUT2D eigenvalue weighted by Gasteiger charge is 2.30. The Labute approximate surface area is 115 Å². The van der Waals surface area contributed by atoms with Gasteiger partial charge in [-0.25, -0.2) is 0 Å². The summed E-state index contributed by atoms with van der Waals surface area (Å²) in [4.78, 5) is 22.1. The van der Waals surface area contributed by atoms with Gasteiger partial charge in [0, 0.05) is 19.8 Å². The Hall–Kier alpha value is -1.32. The van der Waals surface area contributed by atoms with Gasteiger partial charge in [0.25, 0.3) is 0 Å². The van der Waals surface area contributed by atoms with Crippen molar-refractivity contribution in [2.45, 2.75) is 46.6 Å². The van der Waals surface area contributed by atoms with Gasteiger partial charge in [-0.05, 0) is 30.8 Å². The van der Waals surface area contributed by atoms with Gasteiger partial charge in [-0.1, -0.05) is 19.9 Å². The average molecular weight is 268 g/mol. The fourth-order valence-electron chi connectivity index (χ4n) is 2.46. The molecule has 4 heteroatoms. The van der Waals surface area contributed by atoms with Crippen LogP contribution in [0, 0.1) is 17.8 Å². The van der Waals surface area contributed by atoms with E-state index in [1.165, 1.54) is 13.8 Å². The molecule has 0 aromatic rings. The summed E-state index contributed by atoms with van der Waals surface area (Å²) in [5.41, 5.74) is 0. The molecule has 0 heterocycles. The van der Waals surface area contributed by atoms with Crippen molar-refractivity contribution in [3.63, 3.8) is 0 Å². The molecule has 0 amide bonds. The number of carbonyl (C=O) groups is 2. The van der Waals surface area contributed by atoms with E-state index in [1.807, 2.05) is 13.0 Å². The minimum atomic E-state index is -0.270. The molecule has 0 aliphatic heterocycles. The van der Waals surface area contributed by atoms with Crippen LogP contribution in [0.1, 0.15) is 40.5 Å². The first-order valence-corrected chi connectivity index (χ1v) is 6.89. The van der Waals surface area contributed by atoms with Gasteiger partial charge in [0.05, 0.1) is 6.61 Å². The lowest BCUT2D eigenvalue weighted by Gasteiger charge is -2.28. The lowest BCUT2D eigenvalue weighted by Crippen LogP contribution is -2.31. The number of hydrogen-bond donors (Lipinski definition) is 0. The van der Waals surface area contributed by atoms with Crippen LogP contribution in [-0.2, 0) is 19.1 Å². The molecule has 0 aromatic carbocycles. The normalized spacial score (nSPS) is 28.3. The zero-order valence-corrected chi connectivity index (χ0v) is 12.2. The van der Waals surface area contributed by atoms with Crippen molar-refractivity contribution in [2.24, 2.45) is 17.8 Å². The molecule has 0 N–H and O–H groups in total. The van der Waals surface area contributed by atoms with Crippen LogP contribution >= 0.6 is 0 Å². The number of hydrogen-bond acceptors (Lipinski definition) is 4. The van der Waals surface area contributed by atoms with Crippen LogP contribution in [-0.4, -0.2) is 24.6 Å². The summed E-state index contributed by atoms with van der Waals surface area (Å²) >= 11 is 0. The third kappa shape index (κ3) is 5.45. The minimum Gasteiger partial charge on any atom is -0.466 e. The number of ether oxygens (including phenoxy) is 2. The summed E-state index contributed by atoms with van der Waals surface area (Å²) in [6, 6.07) is 0. The monoisotopic (exact) mass is 268 g/mol. The van der Waals surface area contributed by atoms with Crippen molar-refractivity contribution in [3.05, 3.63) is 12.2 Å². The number of carbonyl (C=O) groups excluding carboxylic acids is 2. The van der Waals surface area contributed by atoms with Crippen molar-refractivity contribution in [2.75, 3.05) is 6.61 Å². The van der Waals surface area contributed by atoms with E-state index in [0.717, 1.165) is 12.8 Å². The lowest BCUT2D eigenvalue weighted by molar-refractivity contribution is -0.150. The molecule has 0 spiro atoms. The van der Waals surface area contributed by atoms with E-state index in [2.05, 4.69) is 13.0 Å². The first kappa shape index (κ1) is 15.7. The second kappa shape index (κ2) is 7.31. The number of esters is 2. The van der Waals surface area contributed by atoms with Crippen LogP contribution in [0.4, 0.5) is 0 Å². The molecule has 0 bridgehead atoms. The third-order valence-corrected chi connectivity index (χ3v) is 3.59. The van der Waals surface area contributed by atoms with E-state index in [1.54, 1.807) is 0 Å². The molecule has 108 valence electrons. The van der Waals surface area contributed by atoms with Gasteiger partial charge in [0.1, 0.15) is 6.10 Å². The molecule has 0 fully saturated rings. The predicted octanol–water partition coefficient (Wildman–Crippen LogP) is 2.72. The SMILES string of the molecule is CC(=O)OC[C@H](C)[C@H]1CC[C@@H](C)C=C[C@H]1OC(C)=O. The molecule has 4 atom stereocenters. The van der Waals surface area contributed by atoms with Crippen molar-refractivity contribution in [1.29, 1.82) is 0 Å². The predicted molar refractivity (Wildman–Crippen MR) is 72.4 cm³/mol. The second-order valence-corrected chi connectivity index (χ2v) is 5.46. The zero-order chi connectivity index (χ0) is 14.4. The molecule has 0 aromatic heterocycles. The topological polar surface area (TPSA) is 52.6 Å². The largest absolute Gasteiger partial charge is 0.466 e. The summed E-state index contributed by atoms with van der Waals surface area (Å²) < 4.78 is 10.5. The fraction of sp³-hybridized carbons (Fsp3) is 0.733. The Balaban J connectivity index is 2.71. The van der Waals surface area contributed by atoms with Crippen molar-refractivity contribution >= 4 is 11.9 Å². The highest BCUT2D eigenvalue weighted by molar-refractivity contribution is 5.66. The maximum atomic E-state index is 11.2. The molecule has 1 aliphatic rings. The molecule has 1 rings (SSSR count). The molecule has 0 radical (unpaired) electrons. The van der Waals surface area contributed by atoms with E-state index in [9.17, 15) is 9.59 Å². The Morgan fingerprint density at radius 2 is 1.89 bits per heavy atom. The maximum absolute atomic E-state index is 11.2. The highest BCUT2D eigenvalue weighted by Crippen LogP contribution is 2.30. The molecule has 0 saturated heterocycles. The van der Waals surface area contributed by atoms with Gasteiger partial charge in [-0.15, -0.1) is 0 Å². The van der Waals surface area contributed by atoms with E-state index >= 15 is 0 Å². The van der Waals surface area contributed by atoms with Crippen molar-refractivity contribution < 1.29 is 19.1 Å². The molecule has 19 heavy (non-hydrogen) atoms. The Morgan fingerprint density at radius 3 is 2.47 bits per heavy atom. The minimum absolute atomic E-state index is 0.170. The summed E-state index contributed by atoms with van der Waals surface area (Å²) in [6.07, 6.45) is 5.89. The quantitative estimate of drug-likeness (QED) is 0.581. The van der Waals surface area contributed by atoms with Crippen LogP contribution < -0.4 is 0 Å². The molecule has 0 saturated carbocycles. The van der Waals surface area contributed by atoms with E-state index in [0.29, 0.717) is 12.5 Å². The van der Waals surface area contributed by atoms with Crippen molar-refractivity contribution in [1.82, 2.24) is 0 Å². The Bertz CT molecular complexity index is 348. The van der Waals surface area contributed by atoms with Crippen LogP contribution in [0.15, 0.2) is 12.2 Å². The summed E-state index contributed by atoms with van der Waals surface area (Å²) in [5, 5.41) is 0. The van der Waals surface area contributed by atoms with Gasteiger partial charge in [0.15, 0.2) is 0 Å². The molecular formula is C15H24O4. The standard InChI is InChI=1S/C15H24O4/c1-10-5-7-14(11(2)9-18-12(3)16)15(8-6-10)19-13(4)17/h6,8,10-11,14-15H,5,7,9H2,1-4H3/t10-,11+,14-,15-/m1/s1. The van der Waals surface area contributed by atoms with E-state index in [-0.39, 0.29) is 29.9 Å². The van der Waals surface area contributed by atoms with Gasteiger partial charge < -0.3 is 9.47 Å². The fourth-order valence-corrected chi connectivity index (χ4v) is 2.46. The zero-order valence-electron chi connectivity index (χ0n) is 12.2. The van der Waals surface area contributed by atoms with Gasteiger partial charge in [-0.3, -0.25) is 9.59 Å². The van der Waals surface area contributed by atoms with Crippen molar-refractivity contribution in [3.8, 4) is 0 Å². The smallest absolute Gasteiger partial charge is 0.303 e. The lowest BCUT2D eigenvalue weighted by atomic mass is 9.85. The molecule has 4 nitrogen and oxygen atoms in total. The Morgan fingerprint density at radius 1 is 1.21 bits per heavy atom. The van der Waals surface area contributed by atoms with Crippen LogP contribution in [0.3, 0.4) is 0 Å². The summed E-state index contributed by atoms with van der Waals surface area (Å²) in [7, 11) is 0. The molecule has 1 aliphatic carbocycles. The van der Waals surface area contributed by atoms with Crippen LogP contribution in [0.2, 0.25) is 0 Å². The van der Waals surface area contributed by atoms with Gasteiger partial charge in [-0.2, -0.15) is 0 Å².